The third kappa shape index (κ3) is 3.26. The van der Waals surface area contributed by atoms with Crippen molar-refractivity contribution in [1.82, 2.24) is 10.2 Å². The van der Waals surface area contributed by atoms with E-state index < -0.39 is 30.1 Å². The number of ether oxygens (including phenoxy) is 1. The number of halogens is 4. The van der Waals surface area contributed by atoms with Crippen molar-refractivity contribution in [2.24, 2.45) is 0 Å². The summed E-state index contributed by atoms with van der Waals surface area (Å²) in [5.74, 6) is -3.36. The monoisotopic (exact) mass is 338 g/mol. The summed E-state index contributed by atoms with van der Waals surface area (Å²) in [5, 5.41) is 7.28. The molecule has 1 fully saturated rings. The largest absolute Gasteiger partial charge is 0.465 e. The van der Waals surface area contributed by atoms with E-state index in [4.69, 9.17) is 27.9 Å². The molecule has 4 nitrogen and oxygen atoms in total. The van der Waals surface area contributed by atoms with Crippen molar-refractivity contribution in [3.8, 4) is 0 Å². The lowest BCUT2D eigenvalue weighted by atomic mass is 9.69. The van der Waals surface area contributed by atoms with Crippen LogP contribution < -0.4 is 0 Å². The quantitative estimate of drug-likeness (QED) is 0.786. The Labute approximate surface area is 130 Å². The third-order valence-electron chi connectivity index (χ3n) is 3.74. The molecular formula is C13H14Cl2F2N2O2. The zero-order valence-corrected chi connectivity index (χ0v) is 12.8. The van der Waals surface area contributed by atoms with Crippen LogP contribution in [0.1, 0.15) is 38.2 Å². The molecule has 1 aromatic rings. The number of carbonyl (C=O) groups is 1. The van der Waals surface area contributed by atoms with E-state index in [1.807, 2.05) is 0 Å². The fourth-order valence-corrected chi connectivity index (χ4v) is 3.00. The van der Waals surface area contributed by atoms with Crippen molar-refractivity contribution in [3.63, 3.8) is 0 Å². The van der Waals surface area contributed by atoms with Gasteiger partial charge in [-0.15, -0.1) is 10.2 Å². The molecule has 1 aliphatic carbocycles. The van der Waals surface area contributed by atoms with Gasteiger partial charge in [0.1, 0.15) is 0 Å². The van der Waals surface area contributed by atoms with Crippen molar-refractivity contribution in [2.75, 3.05) is 6.61 Å². The SMILES string of the molecule is CCOC(=O)C1(c2cc(Cl)nnc2Cl)CCC(F)(F)CC1. The minimum Gasteiger partial charge on any atom is -0.465 e. The van der Waals surface area contributed by atoms with Crippen LogP contribution in [0.2, 0.25) is 10.3 Å². The fraction of sp³-hybridized carbons (Fsp3) is 0.615. The van der Waals surface area contributed by atoms with Gasteiger partial charge in [-0.1, -0.05) is 23.2 Å². The smallest absolute Gasteiger partial charge is 0.316 e. The van der Waals surface area contributed by atoms with Gasteiger partial charge in [-0.05, 0) is 25.8 Å². The molecule has 21 heavy (non-hydrogen) atoms. The van der Waals surface area contributed by atoms with Crippen LogP contribution in [0.25, 0.3) is 0 Å². The number of nitrogens with zero attached hydrogens (tertiary/aromatic N) is 2. The van der Waals surface area contributed by atoms with Crippen LogP contribution >= 0.6 is 23.2 Å². The standard InChI is InChI=1S/C13H14Cl2F2N2O2/c1-2-21-11(20)12(3-5-13(16,17)6-4-12)8-7-9(14)18-19-10(8)15/h7H,2-6H2,1H3. The normalized spacial score (nSPS) is 20.0. The Kier molecular flexibility index (Phi) is 4.68. The number of esters is 1. The third-order valence-corrected chi connectivity index (χ3v) is 4.20. The molecule has 0 aromatic carbocycles. The lowest BCUT2D eigenvalue weighted by molar-refractivity contribution is -0.155. The maximum Gasteiger partial charge on any atom is 0.316 e. The maximum atomic E-state index is 13.5. The number of rotatable bonds is 3. The van der Waals surface area contributed by atoms with Crippen molar-refractivity contribution in [1.29, 1.82) is 0 Å². The van der Waals surface area contributed by atoms with Crippen molar-refractivity contribution in [2.45, 2.75) is 43.9 Å². The van der Waals surface area contributed by atoms with Crippen LogP contribution in [0.4, 0.5) is 8.78 Å². The van der Waals surface area contributed by atoms with Crippen LogP contribution in [-0.2, 0) is 14.9 Å². The van der Waals surface area contributed by atoms with Gasteiger partial charge in [0.25, 0.3) is 0 Å². The fourth-order valence-electron chi connectivity index (χ4n) is 2.58. The van der Waals surface area contributed by atoms with Gasteiger partial charge in [-0.25, -0.2) is 8.78 Å². The summed E-state index contributed by atoms with van der Waals surface area (Å²) in [6.07, 6.45) is -0.967. The highest BCUT2D eigenvalue weighted by atomic mass is 35.5. The van der Waals surface area contributed by atoms with Gasteiger partial charge in [0.2, 0.25) is 5.92 Å². The maximum absolute atomic E-state index is 13.5. The minimum atomic E-state index is -2.78. The lowest BCUT2D eigenvalue weighted by Crippen LogP contribution is -2.44. The van der Waals surface area contributed by atoms with Crippen LogP contribution in [0.15, 0.2) is 6.07 Å². The molecule has 0 unspecified atom stereocenters. The number of carbonyl (C=O) groups excluding carboxylic acids is 1. The first-order chi connectivity index (χ1) is 9.81. The predicted molar refractivity (Wildman–Crippen MR) is 73.8 cm³/mol. The Morgan fingerprint density at radius 3 is 2.48 bits per heavy atom. The lowest BCUT2D eigenvalue weighted by Gasteiger charge is -2.38. The Bertz CT molecular complexity index is 545. The first-order valence-electron chi connectivity index (χ1n) is 6.55. The van der Waals surface area contributed by atoms with Gasteiger partial charge in [0.05, 0.1) is 12.0 Å². The van der Waals surface area contributed by atoms with Gasteiger partial charge >= 0.3 is 5.97 Å². The number of aromatic nitrogens is 2. The second-order valence-electron chi connectivity index (χ2n) is 5.03. The summed E-state index contributed by atoms with van der Waals surface area (Å²) in [6.45, 7) is 1.81. The Morgan fingerprint density at radius 2 is 1.90 bits per heavy atom. The molecule has 116 valence electrons. The molecule has 1 aliphatic rings. The Balaban J connectivity index is 2.46. The molecule has 0 bridgehead atoms. The molecule has 1 aromatic heterocycles. The first kappa shape index (κ1) is 16.4. The van der Waals surface area contributed by atoms with Gasteiger partial charge < -0.3 is 4.74 Å². The van der Waals surface area contributed by atoms with E-state index in [2.05, 4.69) is 10.2 Å². The van der Waals surface area contributed by atoms with Crippen molar-refractivity contribution in [3.05, 3.63) is 21.9 Å². The minimum absolute atomic E-state index is 0.0160. The van der Waals surface area contributed by atoms with Crippen LogP contribution in [-0.4, -0.2) is 28.7 Å². The van der Waals surface area contributed by atoms with Crippen LogP contribution in [0, 0.1) is 0 Å². The van der Waals surface area contributed by atoms with Crippen molar-refractivity contribution >= 4 is 29.2 Å². The molecule has 2 rings (SSSR count). The predicted octanol–water partition coefficient (Wildman–Crippen LogP) is 3.79. The topological polar surface area (TPSA) is 52.1 Å². The van der Waals surface area contributed by atoms with Gasteiger partial charge in [-0.3, -0.25) is 4.79 Å². The molecule has 0 aliphatic heterocycles. The highest BCUT2D eigenvalue weighted by Crippen LogP contribution is 2.47. The zero-order chi connectivity index (χ0) is 15.7. The van der Waals surface area contributed by atoms with E-state index in [0.29, 0.717) is 5.56 Å². The summed E-state index contributed by atoms with van der Waals surface area (Å²) in [5.41, 5.74) is -0.938. The van der Waals surface area contributed by atoms with Crippen molar-refractivity contribution < 1.29 is 18.3 Å². The van der Waals surface area contributed by atoms with Gasteiger partial charge in [0, 0.05) is 18.4 Å². The molecule has 0 saturated heterocycles. The highest BCUT2D eigenvalue weighted by molar-refractivity contribution is 6.32. The van der Waals surface area contributed by atoms with E-state index >= 15 is 0 Å². The molecule has 0 amide bonds. The zero-order valence-electron chi connectivity index (χ0n) is 11.3. The van der Waals surface area contributed by atoms with Gasteiger partial charge in [-0.2, -0.15) is 0 Å². The summed E-state index contributed by atoms with van der Waals surface area (Å²) in [7, 11) is 0. The molecule has 1 saturated carbocycles. The molecule has 1 heterocycles. The average Bonchev–Trinajstić information content (AvgIpc) is 2.42. The van der Waals surface area contributed by atoms with E-state index in [1.165, 1.54) is 6.07 Å². The van der Waals surface area contributed by atoms with Gasteiger partial charge in [0.15, 0.2) is 10.3 Å². The summed E-state index contributed by atoms with van der Waals surface area (Å²) in [4.78, 5) is 12.4. The van der Waals surface area contributed by atoms with E-state index in [0.717, 1.165) is 0 Å². The second kappa shape index (κ2) is 6.01. The number of hydrogen-bond donors (Lipinski definition) is 0. The van der Waals surface area contributed by atoms with Crippen LogP contribution in [0.3, 0.4) is 0 Å². The Morgan fingerprint density at radius 1 is 1.29 bits per heavy atom. The molecule has 0 spiro atoms. The average molecular weight is 339 g/mol. The van der Waals surface area contributed by atoms with Crippen LogP contribution in [0.5, 0.6) is 0 Å². The number of hydrogen-bond acceptors (Lipinski definition) is 4. The molecular weight excluding hydrogens is 325 g/mol. The second-order valence-corrected chi connectivity index (χ2v) is 5.78. The molecule has 0 atom stereocenters. The Hall–Kier alpha value is -1.01. The number of alkyl halides is 2. The van der Waals surface area contributed by atoms with E-state index in [9.17, 15) is 13.6 Å². The highest BCUT2D eigenvalue weighted by Gasteiger charge is 2.51. The molecule has 0 N–H and O–H groups in total. The first-order valence-corrected chi connectivity index (χ1v) is 7.30. The molecule has 0 radical (unpaired) electrons. The summed E-state index contributed by atoms with van der Waals surface area (Å²) >= 11 is 11.8. The summed E-state index contributed by atoms with van der Waals surface area (Å²) < 4.78 is 32.0. The summed E-state index contributed by atoms with van der Waals surface area (Å²) in [6, 6.07) is 1.40. The van der Waals surface area contributed by atoms with E-state index in [1.54, 1.807) is 6.92 Å². The molecule has 8 heteroatoms. The van der Waals surface area contributed by atoms with E-state index in [-0.39, 0.29) is 29.8 Å².